The van der Waals surface area contributed by atoms with Crippen LogP contribution in [0.5, 0.6) is 0 Å². The van der Waals surface area contributed by atoms with E-state index in [4.69, 9.17) is 5.10 Å². The van der Waals surface area contributed by atoms with Crippen molar-refractivity contribution in [1.29, 1.82) is 0 Å². The monoisotopic (exact) mass is 422 g/mol. The van der Waals surface area contributed by atoms with Gasteiger partial charge in [0.25, 0.3) is 5.91 Å². The summed E-state index contributed by atoms with van der Waals surface area (Å²) in [6.45, 7) is 3.38. The Morgan fingerprint density at radius 3 is 1.97 bits per heavy atom. The topological polar surface area (TPSA) is 41.4 Å². The Kier molecular flexibility index (Phi) is 5.57. The molecule has 0 aliphatic carbocycles. The van der Waals surface area contributed by atoms with Crippen molar-refractivity contribution in [3.8, 4) is 28.2 Å². The van der Waals surface area contributed by atoms with Crippen molar-refractivity contribution in [2.45, 2.75) is 0 Å². The van der Waals surface area contributed by atoms with Gasteiger partial charge < -0.3 is 9.80 Å². The van der Waals surface area contributed by atoms with Crippen LogP contribution in [0.15, 0.2) is 91.0 Å². The lowest BCUT2D eigenvalue weighted by molar-refractivity contribution is 0.0664. The number of carbonyl (C=O) groups is 1. The summed E-state index contributed by atoms with van der Waals surface area (Å²) in [4.78, 5) is 17.1. The number of carbonyl (C=O) groups excluding carboxylic acids is 1. The molecule has 0 N–H and O–H groups in total. The molecule has 3 aromatic carbocycles. The van der Waals surface area contributed by atoms with E-state index in [0.29, 0.717) is 0 Å². The third-order valence-corrected chi connectivity index (χ3v) is 6.00. The lowest BCUT2D eigenvalue weighted by atomic mass is 10.1. The van der Waals surface area contributed by atoms with Crippen LogP contribution in [0.3, 0.4) is 0 Å². The molecule has 1 fully saturated rings. The third kappa shape index (κ3) is 4.07. The molecule has 1 amide bonds. The molecule has 160 valence electrons. The molecule has 0 bridgehead atoms. The Balaban J connectivity index is 1.48. The molecule has 0 unspecified atom stereocenters. The van der Waals surface area contributed by atoms with Crippen molar-refractivity contribution in [3.05, 3.63) is 96.6 Å². The van der Waals surface area contributed by atoms with Crippen molar-refractivity contribution >= 4 is 5.91 Å². The lowest BCUT2D eigenvalue weighted by Crippen LogP contribution is -2.47. The van der Waals surface area contributed by atoms with Gasteiger partial charge in [-0.3, -0.25) is 4.79 Å². The fourth-order valence-electron chi connectivity index (χ4n) is 4.08. The third-order valence-electron chi connectivity index (χ3n) is 6.00. The van der Waals surface area contributed by atoms with Gasteiger partial charge in [-0.1, -0.05) is 60.7 Å². The number of nitrogens with zero attached hydrogens (tertiary/aromatic N) is 4. The highest BCUT2D eigenvalue weighted by molar-refractivity contribution is 5.94. The van der Waals surface area contributed by atoms with E-state index in [1.165, 1.54) is 0 Å². The molecule has 1 aromatic heterocycles. The van der Waals surface area contributed by atoms with Crippen LogP contribution in [0.1, 0.15) is 10.4 Å². The first-order valence-electron chi connectivity index (χ1n) is 11.0. The van der Waals surface area contributed by atoms with Crippen molar-refractivity contribution in [1.82, 2.24) is 19.6 Å². The molecule has 1 saturated heterocycles. The predicted molar refractivity (Wildman–Crippen MR) is 128 cm³/mol. The van der Waals surface area contributed by atoms with Crippen LogP contribution < -0.4 is 0 Å². The Labute approximate surface area is 188 Å². The summed E-state index contributed by atoms with van der Waals surface area (Å²) in [6.07, 6.45) is 0. The molecule has 1 aliphatic heterocycles. The molecule has 32 heavy (non-hydrogen) atoms. The molecule has 1 aliphatic rings. The van der Waals surface area contributed by atoms with Crippen LogP contribution >= 0.6 is 0 Å². The van der Waals surface area contributed by atoms with E-state index in [2.05, 4.69) is 42.3 Å². The second-order valence-corrected chi connectivity index (χ2v) is 8.20. The number of benzene rings is 3. The predicted octanol–water partition coefficient (Wildman–Crippen LogP) is 4.59. The highest BCUT2D eigenvalue weighted by atomic mass is 16.2. The minimum absolute atomic E-state index is 0.0957. The van der Waals surface area contributed by atoms with Gasteiger partial charge in [-0.05, 0) is 37.4 Å². The van der Waals surface area contributed by atoms with E-state index in [-0.39, 0.29) is 5.91 Å². The number of amides is 1. The Morgan fingerprint density at radius 1 is 0.750 bits per heavy atom. The van der Waals surface area contributed by atoms with Crippen LogP contribution in [0.2, 0.25) is 0 Å². The number of hydrogen-bond acceptors (Lipinski definition) is 3. The summed E-state index contributed by atoms with van der Waals surface area (Å²) < 4.78 is 1.96. The van der Waals surface area contributed by atoms with Crippen LogP contribution in [0, 0.1) is 0 Å². The first-order valence-corrected chi connectivity index (χ1v) is 11.0. The number of hydrogen-bond donors (Lipinski definition) is 0. The average molecular weight is 423 g/mol. The van der Waals surface area contributed by atoms with Gasteiger partial charge in [0.05, 0.1) is 17.1 Å². The van der Waals surface area contributed by atoms with Crippen molar-refractivity contribution < 1.29 is 4.79 Å². The summed E-state index contributed by atoms with van der Waals surface area (Å²) in [5, 5.41) is 4.92. The molecule has 0 spiro atoms. The van der Waals surface area contributed by atoms with Gasteiger partial charge in [0.15, 0.2) is 0 Å². The van der Waals surface area contributed by atoms with Gasteiger partial charge in [-0.2, -0.15) is 5.10 Å². The van der Waals surface area contributed by atoms with Crippen molar-refractivity contribution in [3.63, 3.8) is 0 Å². The summed E-state index contributed by atoms with van der Waals surface area (Å²) in [6, 6.07) is 30.4. The fraction of sp³-hybridized carbons (Fsp3) is 0.185. The molecular weight excluding hydrogens is 396 g/mol. The maximum atomic E-state index is 12.9. The SMILES string of the molecule is CN1CCN(C(=O)c2ccc(-n3nc(-c4ccccc4)cc3-c3ccccc3)cc2)CC1. The summed E-state index contributed by atoms with van der Waals surface area (Å²) in [7, 11) is 2.09. The van der Waals surface area contributed by atoms with Gasteiger partial charge in [-0.25, -0.2) is 4.68 Å². The molecule has 5 nitrogen and oxygen atoms in total. The molecule has 0 atom stereocenters. The standard InChI is InChI=1S/C27H26N4O/c1-29-16-18-30(19-17-29)27(32)23-12-14-24(15-13-23)31-26(22-10-6-3-7-11-22)20-25(28-31)21-8-4-2-5-9-21/h2-15,20H,16-19H2,1H3. The first kappa shape index (κ1) is 20.2. The minimum atomic E-state index is 0.0957. The molecule has 5 heteroatoms. The van der Waals surface area contributed by atoms with E-state index in [1.54, 1.807) is 0 Å². The molecule has 4 aromatic rings. The second-order valence-electron chi connectivity index (χ2n) is 8.20. The molecule has 0 radical (unpaired) electrons. The summed E-state index contributed by atoms with van der Waals surface area (Å²) in [5.41, 5.74) is 5.76. The zero-order chi connectivity index (χ0) is 21.9. The Hall–Kier alpha value is -3.70. The van der Waals surface area contributed by atoms with Crippen molar-refractivity contribution in [2.75, 3.05) is 33.2 Å². The highest BCUT2D eigenvalue weighted by Gasteiger charge is 2.20. The van der Waals surface area contributed by atoms with Gasteiger partial charge in [0.1, 0.15) is 0 Å². The zero-order valence-corrected chi connectivity index (χ0v) is 18.2. The largest absolute Gasteiger partial charge is 0.336 e. The quantitative estimate of drug-likeness (QED) is 0.483. The number of aromatic nitrogens is 2. The van der Waals surface area contributed by atoms with Crippen LogP contribution in [-0.4, -0.2) is 58.7 Å². The number of rotatable bonds is 4. The van der Waals surface area contributed by atoms with E-state index in [0.717, 1.165) is 59.9 Å². The normalized spacial score (nSPS) is 14.5. The van der Waals surface area contributed by atoms with Gasteiger partial charge in [-0.15, -0.1) is 0 Å². The molecular formula is C27H26N4O. The van der Waals surface area contributed by atoms with Crippen molar-refractivity contribution in [2.24, 2.45) is 0 Å². The van der Waals surface area contributed by atoms with Crippen LogP contribution in [0.4, 0.5) is 0 Å². The summed E-state index contributed by atoms with van der Waals surface area (Å²) in [5.74, 6) is 0.0957. The Morgan fingerprint density at radius 2 is 1.34 bits per heavy atom. The maximum Gasteiger partial charge on any atom is 0.253 e. The minimum Gasteiger partial charge on any atom is -0.336 e. The van der Waals surface area contributed by atoms with Crippen LogP contribution in [0.25, 0.3) is 28.2 Å². The number of likely N-dealkylation sites (N-methyl/N-ethyl adjacent to an activating group) is 1. The van der Waals surface area contributed by atoms with Gasteiger partial charge >= 0.3 is 0 Å². The average Bonchev–Trinajstić information content (AvgIpc) is 3.31. The van der Waals surface area contributed by atoms with E-state index < -0.39 is 0 Å². The summed E-state index contributed by atoms with van der Waals surface area (Å²) >= 11 is 0. The van der Waals surface area contributed by atoms with E-state index in [9.17, 15) is 4.79 Å². The lowest BCUT2D eigenvalue weighted by Gasteiger charge is -2.32. The fourth-order valence-corrected chi connectivity index (χ4v) is 4.08. The second kappa shape index (κ2) is 8.81. The maximum absolute atomic E-state index is 12.9. The number of piperazine rings is 1. The van der Waals surface area contributed by atoms with E-state index >= 15 is 0 Å². The van der Waals surface area contributed by atoms with Crippen LogP contribution in [-0.2, 0) is 0 Å². The molecule has 0 saturated carbocycles. The molecule has 2 heterocycles. The zero-order valence-electron chi connectivity index (χ0n) is 18.2. The van der Waals surface area contributed by atoms with Gasteiger partial charge in [0.2, 0.25) is 0 Å². The Bertz CT molecular complexity index is 1190. The smallest absolute Gasteiger partial charge is 0.253 e. The van der Waals surface area contributed by atoms with Gasteiger partial charge in [0, 0.05) is 42.9 Å². The first-order chi connectivity index (χ1) is 15.7. The van der Waals surface area contributed by atoms with E-state index in [1.807, 2.05) is 70.2 Å². The molecule has 5 rings (SSSR count). The highest BCUT2D eigenvalue weighted by Crippen LogP contribution is 2.28.